The van der Waals surface area contributed by atoms with Gasteiger partial charge in [-0.3, -0.25) is 9.76 Å². The highest BCUT2D eigenvalue weighted by Crippen LogP contribution is 2.45. The van der Waals surface area contributed by atoms with E-state index in [0.717, 1.165) is 43.3 Å². The quantitative estimate of drug-likeness (QED) is 0.394. The van der Waals surface area contributed by atoms with Crippen molar-refractivity contribution < 1.29 is 0 Å². The summed E-state index contributed by atoms with van der Waals surface area (Å²) >= 11 is 2.40. The van der Waals surface area contributed by atoms with Crippen LogP contribution in [0.15, 0.2) is 18.3 Å². The lowest BCUT2D eigenvalue weighted by Crippen LogP contribution is -2.31. The number of hydrazine groups is 1. The molecular weight excluding hydrogens is 408 g/mol. The molecule has 2 aliphatic rings. The molecule has 2 aliphatic heterocycles. The summed E-state index contributed by atoms with van der Waals surface area (Å²) in [6.07, 6.45) is 4.69. The zero-order valence-corrected chi connectivity index (χ0v) is 17.0. The van der Waals surface area contributed by atoms with E-state index >= 15 is 0 Å². The fourth-order valence-electron chi connectivity index (χ4n) is 2.63. The van der Waals surface area contributed by atoms with Crippen molar-refractivity contribution in [3.05, 3.63) is 24.0 Å². The van der Waals surface area contributed by atoms with Gasteiger partial charge in [0.25, 0.3) is 0 Å². The van der Waals surface area contributed by atoms with Gasteiger partial charge in [0, 0.05) is 20.1 Å². The second-order valence-electron chi connectivity index (χ2n) is 5.32. The number of nitrogens with zero attached hydrogens (tertiary/aromatic N) is 5. The molecule has 0 radical (unpaired) electrons. The van der Waals surface area contributed by atoms with Crippen LogP contribution in [-0.2, 0) is 0 Å². The van der Waals surface area contributed by atoms with E-state index in [4.69, 9.17) is 4.98 Å². The highest BCUT2D eigenvalue weighted by atomic mass is 127. The Kier molecular flexibility index (Phi) is 6.41. The van der Waals surface area contributed by atoms with Gasteiger partial charge in [0.15, 0.2) is 5.82 Å². The van der Waals surface area contributed by atoms with Gasteiger partial charge in [0.2, 0.25) is 0 Å². The molecule has 0 bridgehead atoms. The van der Waals surface area contributed by atoms with Crippen LogP contribution in [0.4, 0.5) is 11.6 Å². The van der Waals surface area contributed by atoms with Crippen LogP contribution in [0.3, 0.4) is 0 Å². The van der Waals surface area contributed by atoms with Crippen molar-refractivity contribution in [3.63, 3.8) is 0 Å². The minimum Gasteiger partial charge on any atom is -0.355 e. The van der Waals surface area contributed by atoms with Gasteiger partial charge >= 0.3 is 0 Å². The molecule has 1 aromatic rings. The molecule has 122 valence electrons. The molecule has 22 heavy (non-hydrogen) atoms. The first kappa shape index (κ1) is 17.9. The van der Waals surface area contributed by atoms with Crippen LogP contribution in [0.5, 0.6) is 0 Å². The highest BCUT2D eigenvalue weighted by molar-refractivity contribution is 14.2. The third-order valence-corrected chi connectivity index (χ3v) is 6.17. The fourth-order valence-corrected chi connectivity index (χ4v) is 4.88. The maximum atomic E-state index is 4.88. The normalized spacial score (nSPS) is 22.0. The summed E-state index contributed by atoms with van der Waals surface area (Å²) in [6, 6.07) is 0.301. The molecule has 7 heteroatoms. The molecule has 0 amide bonds. The lowest BCUT2D eigenvalue weighted by Gasteiger charge is -2.29. The van der Waals surface area contributed by atoms with Gasteiger partial charge in [-0.15, -0.1) is 0 Å². The van der Waals surface area contributed by atoms with E-state index in [1.807, 2.05) is 20.0 Å². The summed E-state index contributed by atoms with van der Waals surface area (Å²) in [7, 11) is 2.10. The molecule has 0 saturated carbocycles. The highest BCUT2D eigenvalue weighted by Gasteiger charge is 2.34. The van der Waals surface area contributed by atoms with Crippen molar-refractivity contribution in [3.8, 4) is 0 Å². The van der Waals surface area contributed by atoms with Gasteiger partial charge in [-0.2, -0.15) is 0 Å². The number of hydrogen-bond acceptors (Lipinski definition) is 5. The number of aromatic nitrogens is 2. The van der Waals surface area contributed by atoms with Gasteiger partial charge in [-0.25, -0.2) is 9.99 Å². The minimum absolute atomic E-state index is 0.301. The SMILES string of the molecule is C=C1CCN(c2cnc3c(n2)N(PI)N(C)C3C)CC1.CC. The van der Waals surface area contributed by atoms with Crippen LogP contribution in [0, 0.1) is 0 Å². The summed E-state index contributed by atoms with van der Waals surface area (Å²) in [5.41, 5.74) is 2.43. The topological polar surface area (TPSA) is 35.5 Å². The van der Waals surface area contributed by atoms with Crippen LogP contribution in [0.1, 0.15) is 45.3 Å². The molecule has 0 spiro atoms. The molecule has 1 fully saturated rings. The predicted octanol–water partition coefficient (Wildman–Crippen LogP) is 4.33. The Morgan fingerprint density at radius 2 is 1.95 bits per heavy atom. The Morgan fingerprint density at radius 1 is 1.32 bits per heavy atom. The average Bonchev–Trinajstić information content (AvgIpc) is 2.80. The fraction of sp³-hybridized carbons (Fsp3) is 0.600. The van der Waals surface area contributed by atoms with Gasteiger partial charge in [0.1, 0.15) is 11.5 Å². The van der Waals surface area contributed by atoms with Crippen LogP contribution < -0.4 is 9.68 Å². The first-order valence-electron chi connectivity index (χ1n) is 7.79. The van der Waals surface area contributed by atoms with Crippen molar-refractivity contribution >= 4 is 40.1 Å². The molecule has 3 heterocycles. The minimum atomic E-state index is 0.301. The van der Waals surface area contributed by atoms with Crippen LogP contribution in [0.25, 0.3) is 0 Å². The number of fused-ring (bicyclic) bond motifs is 1. The Morgan fingerprint density at radius 3 is 2.55 bits per heavy atom. The molecule has 2 atom stereocenters. The maximum absolute atomic E-state index is 4.88. The summed E-state index contributed by atoms with van der Waals surface area (Å²) in [5.74, 6) is 2.02. The zero-order chi connectivity index (χ0) is 16.3. The molecule has 1 saturated heterocycles. The molecule has 0 N–H and O–H groups in total. The Hall–Kier alpha value is -0.460. The maximum Gasteiger partial charge on any atom is 0.172 e. The van der Waals surface area contributed by atoms with E-state index in [9.17, 15) is 0 Å². The Labute approximate surface area is 148 Å². The number of halogens is 1. The van der Waals surface area contributed by atoms with Crippen molar-refractivity contribution in [1.82, 2.24) is 15.0 Å². The second kappa shape index (κ2) is 7.88. The number of anilines is 2. The standard InChI is InChI=1S/C13H19IN5P.C2H6/c1-9-4-6-18(7-5-9)11-8-15-12-10(2)17(3)19(20-14)13(12)16-11;1-2/h8,10,20H,1,4-7H2,2-3H3;1-2H3. The van der Waals surface area contributed by atoms with Gasteiger partial charge < -0.3 is 4.90 Å². The predicted molar refractivity (Wildman–Crippen MR) is 105 cm³/mol. The van der Waals surface area contributed by atoms with Crippen molar-refractivity contribution in [2.45, 2.75) is 39.7 Å². The van der Waals surface area contributed by atoms with E-state index in [0.29, 0.717) is 12.4 Å². The molecule has 0 aromatic carbocycles. The lowest BCUT2D eigenvalue weighted by molar-refractivity contribution is 0.306. The molecule has 1 aromatic heterocycles. The lowest BCUT2D eigenvalue weighted by atomic mass is 10.1. The van der Waals surface area contributed by atoms with E-state index in [1.165, 1.54) is 5.57 Å². The summed E-state index contributed by atoms with van der Waals surface area (Å²) < 4.78 is 2.22. The molecule has 5 nitrogen and oxygen atoms in total. The third kappa shape index (κ3) is 3.39. The number of piperidine rings is 1. The summed E-state index contributed by atoms with van der Waals surface area (Å²) in [5, 5.41) is 2.22. The van der Waals surface area contributed by atoms with Gasteiger partial charge in [0.05, 0.1) is 18.6 Å². The van der Waals surface area contributed by atoms with Gasteiger partial charge in [-0.05, 0) is 41.8 Å². The van der Waals surface area contributed by atoms with Crippen molar-refractivity contribution in [2.75, 3.05) is 29.8 Å². The Bertz CT molecular complexity index is 529. The van der Waals surface area contributed by atoms with Crippen LogP contribution >= 0.6 is 28.4 Å². The average molecular weight is 433 g/mol. The van der Waals surface area contributed by atoms with Crippen molar-refractivity contribution in [2.24, 2.45) is 0 Å². The van der Waals surface area contributed by atoms with Crippen LogP contribution in [0.2, 0.25) is 0 Å². The summed E-state index contributed by atoms with van der Waals surface area (Å²) in [6.45, 7) is 12.3. The smallest absolute Gasteiger partial charge is 0.172 e. The van der Waals surface area contributed by atoms with E-state index < -0.39 is 0 Å². The van der Waals surface area contributed by atoms with E-state index in [-0.39, 0.29) is 0 Å². The van der Waals surface area contributed by atoms with E-state index in [2.05, 4.69) is 62.3 Å². The second-order valence-corrected chi connectivity index (χ2v) is 7.36. The number of hydrogen-bond donors (Lipinski definition) is 0. The monoisotopic (exact) mass is 433 g/mol. The first-order chi connectivity index (χ1) is 10.6. The summed E-state index contributed by atoms with van der Waals surface area (Å²) in [4.78, 5) is 11.9. The number of rotatable bonds is 2. The molecule has 0 aliphatic carbocycles. The van der Waals surface area contributed by atoms with E-state index in [1.54, 1.807) is 0 Å². The molecular formula is C15H25IN5P. The Balaban J connectivity index is 0.000000847. The van der Waals surface area contributed by atoms with Crippen LogP contribution in [-0.4, -0.2) is 35.1 Å². The zero-order valence-electron chi connectivity index (χ0n) is 13.8. The first-order valence-corrected chi connectivity index (χ1v) is 11.9. The van der Waals surface area contributed by atoms with Crippen molar-refractivity contribution in [1.29, 1.82) is 0 Å². The molecule has 2 unspecified atom stereocenters. The third-order valence-electron chi connectivity index (χ3n) is 4.12. The largest absolute Gasteiger partial charge is 0.355 e. The van der Waals surface area contributed by atoms with Gasteiger partial charge in [-0.1, -0.05) is 26.0 Å². The molecule has 3 rings (SSSR count).